The van der Waals surface area contributed by atoms with Gasteiger partial charge in [0.1, 0.15) is 11.6 Å². The van der Waals surface area contributed by atoms with Crippen LogP contribution in [-0.4, -0.2) is 15.1 Å². The summed E-state index contributed by atoms with van der Waals surface area (Å²) in [6.45, 7) is 1.66. The second-order valence-electron chi connectivity index (χ2n) is 3.79. The van der Waals surface area contributed by atoms with Crippen LogP contribution in [-0.2, 0) is 0 Å². The predicted molar refractivity (Wildman–Crippen MR) is 72.4 cm³/mol. The van der Waals surface area contributed by atoms with Crippen LogP contribution in [0.3, 0.4) is 0 Å². The van der Waals surface area contributed by atoms with Crippen LogP contribution in [0.15, 0.2) is 28.9 Å². The lowest BCUT2D eigenvalue weighted by Crippen LogP contribution is -1.99. The number of nitriles is 1. The molecule has 0 atom stereocenters. The van der Waals surface area contributed by atoms with Gasteiger partial charge in [-0.05, 0) is 19.1 Å². The second-order valence-corrected chi connectivity index (χ2v) is 4.71. The lowest BCUT2D eigenvalue weighted by Gasteiger charge is -2.09. The van der Waals surface area contributed by atoms with Crippen molar-refractivity contribution < 1.29 is 9.66 Å². The number of aryl methyl sites for hydroxylation is 1. The first-order valence-corrected chi connectivity index (χ1v) is 6.16. The molecule has 0 unspecified atom stereocenters. The van der Waals surface area contributed by atoms with Gasteiger partial charge in [-0.2, -0.15) is 10.4 Å². The standard InChI is InChI=1S/C12H7BrN4O3/c1-7-4-9(13)5-10(17(18)19)11(7)20-12-8(6-14)2-3-15-16-12/h2-5H,1H3. The lowest BCUT2D eigenvalue weighted by molar-refractivity contribution is -0.385. The summed E-state index contributed by atoms with van der Waals surface area (Å²) in [6.07, 6.45) is 1.34. The number of aromatic nitrogens is 2. The first kappa shape index (κ1) is 13.9. The zero-order chi connectivity index (χ0) is 14.7. The van der Waals surface area contributed by atoms with E-state index < -0.39 is 4.92 Å². The summed E-state index contributed by atoms with van der Waals surface area (Å²) in [4.78, 5) is 10.5. The summed E-state index contributed by atoms with van der Waals surface area (Å²) in [5.74, 6) is -0.0290. The van der Waals surface area contributed by atoms with Crippen LogP contribution in [0.2, 0.25) is 0 Å². The minimum Gasteiger partial charge on any atom is -0.429 e. The molecule has 0 fully saturated rings. The van der Waals surface area contributed by atoms with E-state index in [4.69, 9.17) is 10.00 Å². The van der Waals surface area contributed by atoms with Crippen molar-refractivity contribution in [2.45, 2.75) is 6.92 Å². The van der Waals surface area contributed by atoms with Gasteiger partial charge in [0.15, 0.2) is 0 Å². The highest BCUT2D eigenvalue weighted by Crippen LogP contribution is 2.37. The molecule has 1 aromatic carbocycles. The maximum Gasteiger partial charge on any atom is 0.313 e. The summed E-state index contributed by atoms with van der Waals surface area (Å²) < 4.78 is 5.98. The van der Waals surface area contributed by atoms with Gasteiger partial charge in [0.2, 0.25) is 5.75 Å². The largest absolute Gasteiger partial charge is 0.429 e. The Kier molecular flexibility index (Phi) is 3.91. The molecule has 2 rings (SSSR count). The lowest BCUT2D eigenvalue weighted by atomic mass is 10.2. The van der Waals surface area contributed by atoms with Crippen molar-refractivity contribution in [3.8, 4) is 17.7 Å². The third-order valence-electron chi connectivity index (χ3n) is 2.42. The second kappa shape index (κ2) is 5.63. The number of nitro groups is 1. The van der Waals surface area contributed by atoms with Gasteiger partial charge in [-0.1, -0.05) is 15.9 Å². The van der Waals surface area contributed by atoms with E-state index in [1.165, 1.54) is 18.3 Å². The molecule has 1 heterocycles. The van der Waals surface area contributed by atoms with Crippen molar-refractivity contribution >= 4 is 21.6 Å². The number of ether oxygens (including phenoxy) is 1. The molecule has 2 aromatic rings. The summed E-state index contributed by atoms with van der Waals surface area (Å²) in [5, 5.41) is 27.3. The zero-order valence-electron chi connectivity index (χ0n) is 10.2. The predicted octanol–water partition coefficient (Wildman–Crippen LogP) is 3.12. The maximum atomic E-state index is 11.1. The van der Waals surface area contributed by atoms with E-state index in [1.807, 2.05) is 6.07 Å². The Bertz CT molecular complexity index is 727. The molecular formula is C12H7BrN4O3. The minimum atomic E-state index is -0.560. The molecule has 100 valence electrons. The fourth-order valence-corrected chi connectivity index (χ4v) is 2.12. The number of nitrogens with zero attached hydrogens (tertiary/aromatic N) is 4. The van der Waals surface area contributed by atoms with Gasteiger partial charge in [0.05, 0.1) is 11.1 Å². The Morgan fingerprint density at radius 2 is 2.25 bits per heavy atom. The molecule has 0 amide bonds. The first-order chi connectivity index (χ1) is 9.52. The van der Waals surface area contributed by atoms with E-state index in [0.29, 0.717) is 10.0 Å². The smallest absolute Gasteiger partial charge is 0.313 e. The molecular weight excluding hydrogens is 328 g/mol. The van der Waals surface area contributed by atoms with Gasteiger partial charge < -0.3 is 4.74 Å². The molecule has 0 aliphatic rings. The van der Waals surface area contributed by atoms with Crippen LogP contribution in [0.25, 0.3) is 0 Å². The van der Waals surface area contributed by atoms with Crippen LogP contribution in [0.4, 0.5) is 5.69 Å². The van der Waals surface area contributed by atoms with Crippen molar-refractivity contribution in [1.82, 2.24) is 10.2 Å². The summed E-state index contributed by atoms with van der Waals surface area (Å²) in [7, 11) is 0. The molecule has 8 heteroatoms. The number of hydrogen-bond donors (Lipinski definition) is 0. The number of nitro benzene ring substituents is 1. The molecule has 0 aliphatic carbocycles. The third-order valence-corrected chi connectivity index (χ3v) is 2.88. The Hall–Kier alpha value is -2.53. The van der Waals surface area contributed by atoms with Crippen LogP contribution in [0.1, 0.15) is 11.1 Å². The summed E-state index contributed by atoms with van der Waals surface area (Å²) in [6, 6.07) is 6.30. The molecule has 0 aliphatic heterocycles. The number of halogens is 1. The van der Waals surface area contributed by atoms with Crippen LogP contribution >= 0.6 is 15.9 Å². The van der Waals surface area contributed by atoms with E-state index in [-0.39, 0.29) is 22.9 Å². The van der Waals surface area contributed by atoms with E-state index in [2.05, 4.69) is 26.1 Å². The van der Waals surface area contributed by atoms with Crippen molar-refractivity contribution in [1.29, 1.82) is 5.26 Å². The van der Waals surface area contributed by atoms with E-state index in [9.17, 15) is 10.1 Å². The van der Waals surface area contributed by atoms with Gasteiger partial charge in [-0.3, -0.25) is 10.1 Å². The van der Waals surface area contributed by atoms with Crippen molar-refractivity contribution in [3.63, 3.8) is 0 Å². The summed E-state index contributed by atoms with van der Waals surface area (Å²) >= 11 is 3.19. The quantitative estimate of drug-likeness (QED) is 0.631. The first-order valence-electron chi connectivity index (χ1n) is 5.37. The Morgan fingerprint density at radius 3 is 2.90 bits per heavy atom. The fraction of sp³-hybridized carbons (Fsp3) is 0.0833. The molecule has 0 spiro atoms. The highest BCUT2D eigenvalue weighted by Gasteiger charge is 2.21. The molecule has 20 heavy (non-hydrogen) atoms. The SMILES string of the molecule is Cc1cc(Br)cc([N+](=O)[O-])c1Oc1nnccc1C#N. The molecule has 7 nitrogen and oxygen atoms in total. The molecule has 0 radical (unpaired) electrons. The Balaban J connectivity index is 2.54. The number of hydrogen-bond acceptors (Lipinski definition) is 6. The number of benzene rings is 1. The average Bonchev–Trinajstić information content (AvgIpc) is 2.41. The van der Waals surface area contributed by atoms with E-state index in [0.717, 1.165) is 0 Å². The maximum absolute atomic E-state index is 11.1. The number of rotatable bonds is 3. The van der Waals surface area contributed by atoms with E-state index in [1.54, 1.807) is 13.0 Å². The average molecular weight is 335 g/mol. The van der Waals surface area contributed by atoms with Crippen LogP contribution in [0.5, 0.6) is 11.6 Å². The minimum absolute atomic E-state index is 0.0372. The molecule has 0 bridgehead atoms. The monoisotopic (exact) mass is 334 g/mol. The molecule has 0 saturated carbocycles. The van der Waals surface area contributed by atoms with Gasteiger partial charge in [0.25, 0.3) is 5.88 Å². The normalized spacial score (nSPS) is 9.85. The van der Waals surface area contributed by atoms with Gasteiger partial charge >= 0.3 is 5.69 Å². The molecule has 1 aromatic heterocycles. The van der Waals surface area contributed by atoms with Crippen molar-refractivity contribution in [2.24, 2.45) is 0 Å². The third kappa shape index (κ3) is 2.73. The van der Waals surface area contributed by atoms with Gasteiger partial charge in [-0.25, -0.2) is 0 Å². The Morgan fingerprint density at radius 1 is 1.50 bits per heavy atom. The molecule has 0 N–H and O–H groups in total. The van der Waals surface area contributed by atoms with Crippen molar-refractivity contribution in [3.05, 3.63) is 50.1 Å². The fourth-order valence-electron chi connectivity index (χ4n) is 1.56. The molecule has 0 saturated heterocycles. The van der Waals surface area contributed by atoms with E-state index >= 15 is 0 Å². The zero-order valence-corrected chi connectivity index (χ0v) is 11.8. The van der Waals surface area contributed by atoms with Crippen LogP contribution in [0, 0.1) is 28.4 Å². The van der Waals surface area contributed by atoms with Crippen molar-refractivity contribution in [2.75, 3.05) is 0 Å². The Labute approximate surface area is 122 Å². The highest BCUT2D eigenvalue weighted by atomic mass is 79.9. The van der Waals surface area contributed by atoms with Gasteiger partial charge in [0, 0.05) is 16.1 Å². The van der Waals surface area contributed by atoms with Gasteiger partial charge in [-0.15, -0.1) is 5.10 Å². The highest BCUT2D eigenvalue weighted by molar-refractivity contribution is 9.10. The summed E-state index contributed by atoms with van der Waals surface area (Å²) in [5.41, 5.74) is 0.476. The van der Waals surface area contributed by atoms with Crippen LogP contribution < -0.4 is 4.74 Å². The topological polar surface area (TPSA) is 102 Å².